The van der Waals surface area contributed by atoms with Crippen LogP contribution in [0.15, 0.2) is 24.3 Å². The summed E-state index contributed by atoms with van der Waals surface area (Å²) in [5.41, 5.74) is 2.87. The molecule has 112 valence electrons. The Balaban J connectivity index is 2.18. The second-order valence-electron chi connectivity index (χ2n) is 5.59. The molecule has 0 aliphatic carbocycles. The van der Waals surface area contributed by atoms with Crippen LogP contribution in [0.25, 0.3) is 0 Å². The molecule has 0 radical (unpaired) electrons. The van der Waals surface area contributed by atoms with Crippen molar-refractivity contribution in [2.24, 2.45) is 0 Å². The maximum absolute atomic E-state index is 6.06. The molecule has 2 unspecified atom stereocenters. The smallest absolute Gasteiger partial charge is 0.0896 e. The highest BCUT2D eigenvalue weighted by molar-refractivity contribution is 5.31. The van der Waals surface area contributed by atoms with Crippen LogP contribution in [-0.2, 0) is 11.2 Å². The lowest BCUT2D eigenvalue weighted by Gasteiger charge is -2.40. The Labute approximate surface area is 123 Å². The summed E-state index contributed by atoms with van der Waals surface area (Å²) < 4.78 is 6.06. The zero-order chi connectivity index (χ0) is 14.4. The second-order valence-corrected chi connectivity index (χ2v) is 5.59. The van der Waals surface area contributed by atoms with E-state index in [-0.39, 0.29) is 6.10 Å². The van der Waals surface area contributed by atoms with E-state index in [1.807, 2.05) is 0 Å². The first kappa shape index (κ1) is 15.5. The molecule has 3 heteroatoms. The van der Waals surface area contributed by atoms with Crippen LogP contribution in [0.4, 0.5) is 0 Å². The number of nitrogens with zero attached hydrogens (tertiary/aromatic N) is 1. The van der Waals surface area contributed by atoms with Gasteiger partial charge in [0.1, 0.15) is 0 Å². The molecule has 1 N–H and O–H groups in total. The predicted octanol–water partition coefficient (Wildman–Crippen LogP) is 2.62. The highest BCUT2D eigenvalue weighted by atomic mass is 16.5. The van der Waals surface area contributed by atoms with Crippen molar-refractivity contribution >= 4 is 0 Å². The molecule has 0 spiro atoms. The summed E-state index contributed by atoms with van der Waals surface area (Å²) in [5.74, 6) is 0. The largest absolute Gasteiger partial charge is 0.374 e. The van der Waals surface area contributed by atoms with Crippen molar-refractivity contribution in [3.8, 4) is 0 Å². The van der Waals surface area contributed by atoms with E-state index in [1.165, 1.54) is 17.5 Å². The average Bonchev–Trinajstić information content (AvgIpc) is 2.48. The number of likely N-dealkylation sites (N-methyl/N-ethyl adjacent to an activating group) is 1. The van der Waals surface area contributed by atoms with Gasteiger partial charge in [-0.3, -0.25) is 4.90 Å². The minimum absolute atomic E-state index is 0.244. The molecular formula is C17H28N2O. The number of benzene rings is 1. The second kappa shape index (κ2) is 7.77. The van der Waals surface area contributed by atoms with Gasteiger partial charge >= 0.3 is 0 Å². The molecular weight excluding hydrogens is 248 g/mol. The standard InChI is InChI=1S/C17H28N2O/c1-4-10-18-13-16-17(19(3)11-12-20-16)15-9-7-6-8-14(15)5-2/h6-9,16-18H,4-5,10-13H2,1-3H3. The Morgan fingerprint density at radius 2 is 2.10 bits per heavy atom. The zero-order valence-electron chi connectivity index (χ0n) is 13.1. The third-order valence-electron chi connectivity index (χ3n) is 4.13. The minimum Gasteiger partial charge on any atom is -0.374 e. The van der Waals surface area contributed by atoms with Crippen molar-refractivity contribution in [1.82, 2.24) is 10.2 Å². The summed E-state index contributed by atoms with van der Waals surface area (Å²) in [7, 11) is 2.21. The molecule has 2 rings (SSSR count). The minimum atomic E-state index is 0.244. The average molecular weight is 276 g/mol. The highest BCUT2D eigenvalue weighted by Gasteiger charge is 2.32. The molecule has 1 aliphatic rings. The molecule has 0 aromatic heterocycles. The maximum Gasteiger partial charge on any atom is 0.0896 e. The lowest BCUT2D eigenvalue weighted by Crippen LogP contribution is -2.47. The fourth-order valence-electron chi connectivity index (χ4n) is 3.04. The van der Waals surface area contributed by atoms with Crippen molar-refractivity contribution < 1.29 is 4.74 Å². The molecule has 2 atom stereocenters. The monoisotopic (exact) mass is 276 g/mol. The van der Waals surface area contributed by atoms with Gasteiger partial charge in [0, 0.05) is 13.1 Å². The first-order valence-electron chi connectivity index (χ1n) is 7.88. The van der Waals surface area contributed by atoms with Crippen molar-refractivity contribution in [1.29, 1.82) is 0 Å². The SMILES string of the molecule is CCCNCC1OCCN(C)C1c1ccccc1CC. The Kier molecular flexibility index (Phi) is 6.02. The summed E-state index contributed by atoms with van der Waals surface area (Å²) in [6, 6.07) is 9.16. The number of hydrogen-bond acceptors (Lipinski definition) is 3. The van der Waals surface area contributed by atoms with Crippen LogP contribution in [0.1, 0.15) is 37.4 Å². The lowest BCUT2D eigenvalue weighted by molar-refractivity contribution is -0.0615. The van der Waals surface area contributed by atoms with Gasteiger partial charge in [0.2, 0.25) is 0 Å². The molecule has 20 heavy (non-hydrogen) atoms. The Morgan fingerprint density at radius 1 is 1.30 bits per heavy atom. The number of hydrogen-bond donors (Lipinski definition) is 1. The fraction of sp³-hybridized carbons (Fsp3) is 0.647. The fourth-order valence-corrected chi connectivity index (χ4v) is 3.04. The molecule has 0 saturated carbocycles. The molecule has 1 heterocycles. The van der Waals surface area contributed by atoms with Crippen molar-refractivity contribution in [2.45, 2.75) is 38.8 Å². The van der Waals surface area contributed by atoms with E-state index in [0.29, 0.717) is 6.04 Å². The van der Waals surface area contributed by atoms with Gasteiger partial charge in [-0.05, 0) is 37.6 Å². The van der Waals surface area contributed by atoms with Gasteiger partial charge in [-0.25, -0.2) is 0 Å². The molecule has 1 aliphatic heterocycles. The van der Waals surface area contributed by atoms with Gasteiger partial charge < -0.3 is 10.1 Å². The lowest BCUT2D eigenvalue weighted by atomic mass is 9.92. The number of morpholine rings is 1. The van der Waals surface area contributed by atoms with Crippen LogP contribution < -0.4 is 5.32 Å². The summed E-state index contributed by atoms with van der Waals surface area (Å²) in [4.78, 5) is 2.44. The third kappa shape index (κ3) is 3.60. The van der Waals surface area contributed by atoms with E-state index in [9.17, 15) is 0 Å². The van der Waals surface area contributed by atoms with E-state index in [4.69, 9.17) is 4.74 Å². The van der Waals surface area contributed by atoms with Gasteiger partial charge in [-0.1, -0.05) is 38.1 Å². The molecule has 1 aromatic carbocycles. The summed E-state index contributed by atoms with van der Waals surface area (Å²) >= 11 is 0. The van der Waals surface area contributed by atoms with Gasteiger partial charge in [0.25, 0.3) is 0 Å². The molecule has 0 bridgehead atoms. The van der Waals surface area contributed by atoms with E-state index < -0.39 is 0 Å². The number of rotatable bonds is 6. The predicted molar refractivity (Wildman–Crippen MR) is 84.1 cm³/mol. The van der Waals surface area contributed by atoms with Crippen LogP contribution in [0.3, 0.4) is 0 Å². The molecule has 1 fully saturated rings. The highest BCUT2D eigenvalue weighted by Crippen LogP contribution is 2.30. The number of nitrogens with one attached hydrogen (secondary N) is 1. The first-order valence-corrected chi connectivity index (χ1v) is 7.88. The quantitative estimate of drug-likeness (QED) is 0.808. The van der Waals surface area contributed by atoms with E-state index in [2.05, 4.69) is 55.4 Å². The van der Waals surface area contributed by atoms with Gasteiger partial charge in [-0.2, -0.15) is 0 Å². The zero-order valence-corrected chi connectivity index (χ0v) is 13.1. The Bertz CT molecular complexity index is 408. The van der Waals surface area contributed by atoms with E-state index in [1.54, 1.807) is 0 Å². The summed E-state index contributed by atoms with van der Waals surface area (Å²) in [6.07, 6.45) is 2.49. The van der Waals surface area contributed by atoms with Crippen LogP contribution >= 0.6 is 0 Å². The Hall–Kier alpha value is -0.900. The first-order chi connectivity index (χ1) is 9.77. The van der Waals surface area contributed by atoms with Crippen molar-refractivity contribution in [3.05, 3.63) is 35.4 Å². The topological polar surface area (TPSA) is 24.5 Å². The van der Waals surface area contributed by atoms with E-state index >= 15 is 0 Å². The normalized spacial score (nSPS) is 23.9. The van der Waals surface area contributed by atoms with Gasteiger partial charge in [0.05, 0.1) is 18.8 Å². The van der Waals surface area contributed by atoms with Crippen LogP contribution in [0.5, 0.6) is 0 Å². The third-order valence-corrected chi connectivity index (χ3v) is 4.13. The number of ether oxygens (including phenoxy) is 1. The molecule has 1 aromatic rings. The van der Waals surface area contributed by atoms with Crippen LogP contribution in [0.2, 0.25) is 0 Å². The Morgan fingerprint density at radius 3 is 2.85 bits per heavy atom. The molecule has 3 nitrogen and oxygen atoms in total. The van der Waals surface area contributed by atoms with E-state index in [0.717, 1.165) is 32.7 Å². The van der Waals surface area contributed by atoms with Crippen LogP contribution in [-0.4, -0.2) is 44.3 Å². The van der Waals surface area contributed by atoms with Crippen molar-refractivity contribution in [2.75, 3.05) is 33.3 Å². The molecule has 0 amide bonds. The molecule has 1 saturated heterocycles. The maximum atomic E-state index is 6.06. The van der Waals surface area contributed by atoms with Gasteiger partial charge in [0.15, 0.2) is 0 Å². The van der Waals surface area contributed by atoms with Gasteiger partial charge in [-0.15, -0.1) is 0 Å². The summed E-state index contributed by atoms with van der Waals surface area (Å²) in [6.45, 7) is 8.26. The number of aryl methyl sites for hydroxylation is 1. The van der Waals surface area contributed by atoms with Crippen molar-refractivity contribution in [3.63, 3.8) is 0 Å². The summed E-state index contributed by atoms with van der Waals surface area (Å²) in [5, 5.41) is 3.51. The van der Waals surface area contributed by atoms with Crippen LogP contribution in [0, 0.1) is 0 Å².